The van der Waals surface area contributed by atoms with Crippen LogP contribution in [0.4, 0.5) is 0 Å². The number of ether oxygens (including phenoxy) is 1. The van der Waals surface area contributed by atoms with Gasteiger partial charge in [-0.1, -0.05) is 111 Å². The number of allylic oxidation sites excluding steroid dienone is 4. The highest BCUT2D eigenvalue weighted by Gasteiger charge is 2.79. The molecule has 8 rings (SSSR count). The largest absolute Gasteiger partial charge is 0.372 e. The lowest BCUT2D eigenvalue weighted by molar-refractivity contribution is -0.249. The molecule has 3 heteroatoms. The van der Waals surface area contributed by atoms with Gasteiger partial charge in [-0.15, -0.1) is 0 Å². The molecule has 4 saturated carbocycles. The molecule has 4 fully saturated rings. The highest BCUT2D eigenvalue weighted by molar-refractivity contribution is 6.17. The quantitative estimate of drug-likeness (QED) is 0.287. The Bertz CT molecular complexity index is 1540. The van der Waals surface area contributed by atoms with Gasteiger partial charge in [-0.2, -0.15) is 0 Å². The molecule has 262 valence electrons. The number of Topliss-reactive ketones (excluding diaryl/α,β-unsaturated/α-hetero) is 2. The molecule has 0 heterocycles. The summed E-state index contributed by atoms with van der Waals surface area (Å²) in [5.74, 6) is 2.97. The highest BCUT2D eigenvalue weighted by atomic mass is 16.5. The summed E-state index contributed by atoms with van der Waals surface area (Å²) in [5, 5.41) is 0. The molecular formula is C45H64O3. The van der Waals surface area contributed by atoms with Crippen molar-refractivity contribution < 1.29 is 14.3 Å². The number of ketones is 2. The van der Waals surface area contributed by atoms with Crippen molar-refractivity contribution in [1.29, 1.82) is 0 Å². The van der Waals surface area contributed by atoms with Crippen LogP contribution in [0.25, 0.3) is 0 Å². The van der Waals surface area contributed by atoms with E-state index >= 15 is 9.59 Å². The molecule has 12 atom stereocenters. The monoisotopic (exact) mass is 652 g/mol. The van der Waals surface area contributed by atoms with E-state index in [1.807, 2.05) is 24.3 Å². The van der Waals surface area contributed by atoms with Gasteiger partial charge in [-0.05, 0) is 111 Å². The molecule has 0 aliphatic heterocycles. The summed E-state index contributed by atoms with van der Waals surface area (Å²) in [5.41, 5.74) is 0.449. The molecule has 7 aliphatic rings. The van der Waals surface area contributed by atoms with Crippen molar-refractivity contribution in [3.8, 4) is 0 Å². The van der Waals surface area contributed by atoms with Crippen molar-refractivity contribution in [2.45, 2.75) is 133 Å². The van der Waals surface area contributed by atoms with E-state index in [0.717, 1.165) is 32.1 Å². The molecule has 1 aromatic carbocycles. The topological polar surface area (TPSA) is 43.4 Å². The second kappa shape index (κ2) is 11.0. The zero-order valence-electron chi connectivity index (χ0n) is 32.0. The van der Waals surface area contributed by atoms with Crippen molar-refractivity contribution in [3.05, 3.63) is 59.7 Å². The summed E-state index contributed by atoms with van der Waals surface area (Å²) in [6.07, 6.45) is 17.8. The fourth-order valence-electron chi connectivity index (χ4n) is 12.9. The van der Waals surface area contributed by atoms with Crippen molar-refractivity contribution in [1.82, 2.24) is 0 Å². The first-order valence-electron chi connectivity index (χ1n) is 19.6. The van der Waals surface area contributed by atoms with E-state index in [4.69, 9.17) is 4.74 Å². The maximum Gasteiger partial charge on any atom is 0.168 e. The van der Waals surface area contributed by atoms with E-state index in [1.165, 1.54) is 12.8 Å². The van der Waals surface area contributed by atoms with E-state index in [-0.39, 0.29) is 62.2 Å². The first-order chi connectivity index (χ1) is 22.4. The van der Waals surface area contributed by atoms with Crippen LogP contribution in [0.5, 0.6) is 0 Å². The minimum Gasteiger partial charge on any atom is -0.372 e. The third-order valence-electron chi connectivity index (χ3n) is 16.8. The highest BCUT2D eigenvalue weighted by Crippen LogP contribution is 2.82. The molecule has 7 aliphatic carbocycles. The van der Waals surface area contributed by atoms with Crippen LogP contribution < -0.4 is 0 Å². The van der Waals surface area contributed by atoms with Gasteiger partial charge in [0.25, 0.3) is 0 Å². The smallest absolute Gasteiger partial charge is 0.168 e. The van der Waals surface area contributed by atoms with Gasteiger partial charge in [0, 0.05) is 33.8 Å². The van der Waals surface area contributed by atoms with Crippen LogP contribution >= 0.6 is 0 Å². The van der Waals surface area contributed by atoms with E-state index in [9.17, 15) is 0 Å². The van der Waals surface area contributed by atoms with E-state index in [0.29, 0.717) is 46.6 Å². The summed E-state index contributed by atoms with van der Waals surface area (Å²) in [6.45, 7) is 25.8. The Morgan fingerprint density at radius 1 is 0.792 bits per heavy atom. The van der Waals surface area contributed by atoms with Gasteiger partial charge < -0.3 is 4.74 Å². The predicted octanol–water partition coefficient (Wildman–Crippen LogP) is 11.2. The number of carbonyl (C=O) groups is 2. The number of hydrogen-bond acceptors (Lipinski definition) is 3. The van der Waals surface area contributed by atoms with Gasteiger partial charge in [-0.3, -0.25) is 9.59 Å². The summed E-state index contributed by atoms with van der Waals surface area (Å²) >= 11 is 0. The number of benzene rings is 1. The van der Waals surface area contributed by atoms with Crippen molar-refractivity contribution >= 4 is 11.6 Å². The molecule has 48 heavy (non-hydrogen) atoms. The zero-order valence-corrected chi connectivity index (χ0v) is 32.0. The average Bonchev–Trinajstić information content (AvgIpc) is 3.38. The molecule has 0 saturated heterocycles. The number of hydrogen-bond donors (Lipinski definition) is 0. The minimum atomic E-state index is -0.379. The predicted molar refractivity (Wildman–Crippen MR) is 196 cm³/mol. The van der Waals surface area contributed by atoms with E-state index in [2.05, 4.69) is 100 Å². The van der Waals surface area contributed by atoms with Crippen LogP contribution in [-0.4, -0.2) is 23.3 Å². The zero-order chi connectivity index (χ0) is 34.8. The maximum atomic E-state index is 15.2. The molecule has 0 aromatic heterocycles. The molecule has 3 nitrogen and oxygen atoms in total. The first-order valence-corrected chi connectivity index (χ1v) is 19.6. The summed E-state index contributed by atoms with van der Waals surface area (Å²) < 4.78 is 7.07. The lowest BCUT2D eigenvalue weighted by Crippen LogP contribution is -2.75. The third-order valence-corrected chi connectivity index (χ3v) is 16.8. The molecule has 0 radical (unpaired) electrons. The Morgan fingerprint density at radius 3 is 2.06 bits per heavy atom. The summed E-state index contributed by atoms with van der Waals surface area (Å²) in [7, 11) is 0. The number of rotatable bonds is 6. The van der Waals surface area contributed by atoms with Gasteiger partial charge in [-0.25, -0.2) is 0 Å². The molecule has 0 N–H and O–H groups in total. The lowest BCUT2D eigenvalue weighted by atomic mass is 9.26. The van der Waals surface area contributed by atoms with E-state index in [1.54, 1.807) is 0 Å². The number of carbonyl (C=O) groups excluding carboxylic acids is 2. The number of fused-ring (bicyclic) bond motifs is 2. The van der Waals surface area contributed by atoms with E-state index < -0.39 is 0 Å². The SMILES string of the molecule is CC(C)C(C)/C=C/C(C)C1CCC2[C@]1(C)CCC1[C@]23C=C[C@]2(C[C@@H](OC(C)(C)C(C)(C)C)CC[C@]12C)C1C(=O)c2ccccc2C(=O)C13. The van der Waals surface area contributed by atoms with Crippen LogP contribution in [0.15, 0.2) is 48.6 Å². The minimum absolute atomic E-state index is 0.0143. The molecular weight excluding hydrogens is 588 g/mol. The molecule has 2 bridgehead atoms. The average molecular weight is 653 g/mol. The second-order valence-electron chi connectivity index (χ2n) is 19.9. The second-order valence-corrected chi connectivity index (χ2v) is 19.9. The Balaban J connectivity index is 1.36. The standard InChI is InChI=1S/C45H64O3/c1-27(2)28(3)16-17-29(4)33-18-19-34-42(33,10)22-21-35-43(11)23-20-30(48-41(8,9)40(5,6)7)26-44(43)24-25-45(34,35)37-36(44)38(46)31-14-12-13-15-32(31)39(37)47/h12-17,24-25,27-30,33-37H,18-23,26H2,1-11H3/b17-16+/t28?,29?,30-,33?,34?,35?,36?,37?,42+,43+,44-,45-/m0/s1. The maximum absolute atomic E-state index is 15.2. The Hall–Kier alpha value is -2.00. The van der Waals surface area contributed by atoms with Gasteiger partial charge in [0.1, 0.15) is 0 Å². The molecule has 2 spiro atoms. The third kappa shape index (κ3) is 4.40. The molecule has 7 unspecified atom stereocenters. The van der Waals surface area contributed by atoms with Crippen LogP contribution in [0.2, 0.25) is 0 Å². The summed E-state index contributed by atoms with van der Waals surface area (Å²) in [4.78, 5) is 30.3. The first kappa shape index (κ1) is 34.4. The Kier molecular flexibility index (Phi) is 7.89. The Labute approximate surface area is 292 Å². The Morgan fingerprint density at radius 2 is 1.44 bits per heavy atom. The van der Waals surface area contributed by atoms with Gasteiger partial charge >= 0.3 is 0 Å². The van der Waals surface area contributed by atoms with Crippen molar-refractivity contribution in [2.24, 2.45) is 74.4 Å². The van der Waals surface area contributed by atoms with Gasteiger partial charge in [0.05, 0.1) is 11.7 Å². The fourth-order valence-corrected chi connectivity index (χ4v) is 12.9. The van der Waals surface area contributed by atoms with Crippen molar-refractivity contribution in [3.63, 3.8) is 0 Å². The van der Waals surface area contributed by atoms with Crippen LogP contribution in [0.1, 0.15) is 142 Å². The molecule has 0 amide bonds. The fraction of sp³-hybridized carbons (Fsp3) is 0.733. The lowest BCUT2D eigenvalue weighted by Gasteiger charge is -2.76. The normalized spacial score (nSPS) is 43.1. The van der Waals surface area contributed by atoms with Crippen LogP contribution in [-0.2, 0) is 4.74 Å². The molecule has 1 aromatic rings. The van der Waals surface area contributed by atoms with Crippen molar-refractivity contribution in [2.75, 3.05) is 0 Å². The van der Waals surface area contributed by atoms with Crippen LogP contribution in [0.3, 0.4) is 0 Å². The van der Waals surface area contributed by atoms with Crippen LogP contribution in [0, 0.1) is 74.4 Å². The summed E-state index contributed by atoms with van der Waals surface area (Å²) in [6, 6.07) is 7.79. The van der Waals surface area contributed by atoms with Gasteiger partial charge in [0.2, 0.25) is 0 Å². The van der Waals surface area contributed by atoms with Gasteiger partial charge in [0.15, 0.2) is 11.6 Å².